The minimum Gasteiger partial charge on any atom is -0.456 e. The Morgan fingerprint density at radius 2 is 1.68 bits per heavy atom. The number of nitrogens with one attached hydrogen (secondary N) is 2. The van der Waals surface area contributed by atoms with Gasteiger partial charge in [0.25, 0.3) is 21.6 Å². The molecule has 1 amide bonds. The van der Waals surface area contributed by atoms with Crippen molar-refractivity contribution in [2.24, 2.45) is 0 Å². The second-order valence-electron chi connectivity index (χ2n) is 15.9. The summed E-state index contributed by atoms with van der Waals surface area (Å²) in [6.07, 6.45) is 10.9. The van der Waals surface area contributed by atoms with E-state index in [1.54, 1.807) is 12.1 Å². The summed E-state index contributed by atoms with van der Waals surface area (Å²) in [5, 5.41) is 16.1. The molecule has 0 unspecified atom stereocenters. The second kappa shape index (κ2) is 17.6. The molecule has 8 rings (SSSR count). The van der Waals surface area contributed by atoms with Crippen molar-refractivity contribution >= 4 is 56.2 Å². The zero-order valence-corrected chi connectivity index (χ0v) is 34.7. The number of benzene rings is 4. The van der Waals surface area contributed by atoms with Crippen LogP contribution in [0.25, 0.3) is 11.6 Å². The number of nitro benzene ring substituents is 1. The first-order valence-corrected chi connectivity index (χ1v) is 22.2. The van der Waals surface area contributed by atoms with E-state index in [0.717, 1.165) is 106 Å². The number of ether oxygens (including phenoxy) is 1. The van der Waals surface area contributed by atoms with Gasteiger partial charge in [-0.05, 0) is 124 Å². The van der Waals surface area contributed by atoms with E-state index in [1.165, 1.54) is 41.7 Å². The SMILES string of the molecule is CN1CCC(Nc2ccc(S(=O)(=O)NC(=O)c3ccc(N4CCN(CC5=C(c6ccc(Cl)cc6)CCCC5)CC4)cc3Oc3cccc4c3C=CC4)cc2[N+](=O)[O-])CC1. The normalized spacial score (nSPS) is 17.8. The Morgan fingerprint density at radius 1 is 0.915 bits per heavy atom. The molecule has 0 aromatic heterocycles. The van der Waals surface area contributed by atoms with E-state index in [9.17, 15) is 23.3 Å². The summed E-state index contributed by atoms with van der Waals surface area (Å²) < 4.78 is 36.1. The number of piperazine rings is 1. The maximum atomic E-state index is 14.0. The zero-order valence-electron chi connectivity index (χ0n) is 33.2. The fourth-order valence-corrected chi connectivity index (χ4v) is 9.70. The highest BCUT2D eigenvalue weighted by Crippen LogP contribution is 2.38. The summed E-state index contributed by atoms with van der Waals surface area (Å²) in [7, 11) is -2.50. The molecular formula is C45H49ClN6O6S. The predicted octanol–water partition coefficient (Wildman–Crippen LogP) is 8.38. The van der Waals surface area contributed by atoms with Crippen LogP contribution in [0.5, 0.6) is 11.5 Å². The second-order valence-corrected chi connectivity index (χ2v) is 18.0. The lowest BCUT2D eigenvalue weighted by Gasteiger charge is -2.37. The van der Waals surface area contributed by atoms with E-state index in [2.05, 4.69) is 36.9 Å². The minimum absolute atomic E-state index is 0.0181. The number of piperidine rings is 1. The lowest BCUT2D eigenvalue weighted by atomic mass is 9.87. The summed E-state index contributed by atoms with van der Waals surface area (Å²) >= 11 is 6.19. The number of hydrogen-bond donors (Lipinski definition) is 2. The molecule has 0 spiro atoms. The third kappa shape index (κ3) is 9.33. The summed E-state index contributed by atoms with van der Waals surface area (Å²) in [6.45, 7) is 5.83. The van der Waals surface area contributed by atoms with Crippen molar-refractivity contribution < 1.29 is 22.9 Å². The van der Waals surface area contributed by atoms with Crippen LogP contribution in [0.15, 0.2) is 95.4 Å². The first-order chi connectivity index (χ1) is 28.5. The Bertz CT molecular complexity index is 2400. The number of halogens is 1. The van der Waals surface area contributed by atoms with Crippen LogP contribution in [0, 0.1) is 10.1 Å². The van der Waals surface area contributed by atoms with Crippen LogP contribution in [0.3, 0.4) is 0 Å². The molecule has 0 saturated carbocycles. The first kappa shape index (κ1) is 40.6. The van der Waals surface area contributed by atoms with Crippen molar-refractivity contribution in [3.8, 4) is 11.5 Å². The van der Waals surface area contributed by atoms with Crippen LogP contribution in [-0.2, 0) is 16.4 Å². The largest absolute Gasteiger partial charge is 0.456 e. The lowest BCUT2D eigenvalue weighted by molar-refractivity contribution is -0.384. The van der Waals surface area contributed by atoms with E-state index < -0.39 is 25.7 Å². The Balaban J connectivity index is 1.01. The van der Waals surface area contributed by atoms with Gasteiger partial charge in [0.05, 0.1) is 15.4 Å². The van der Waals surface area contributed by atoms with Crippen LogP contribution in [-0.4, -0.2) is 88.0 Å². The van der Waals surface area contributed by atoms with Gasteiger partial charge in [-0.25, -0.2) is 13.1 Å². The lowest BCUT2D eigenvalue weighted by Crippen LogP contribution is -2.47. The van der Waals surface area contributed by atoms with Crippen LogP contribution in [0.1, 0.15) is 65.6 Å². The van der Waals surface area contributed by atoms with E-state index in [4.69, 9.17) is 16.3 Å². The van der Waals surface area contributed by atoms with Gasteiger partial charge in [0.2, 0.25) is 0 Å². The molecule has 4 aromatic carbocycles. The van der Waals surface area contributed by atoms with Crippen molar-refractivity contribution in [1.29, 1.82) is 0 Å². The first-order valence-electron chi connectivity index (χ1n) is 20.4. The van der Waals surface area contributed by atoms with Gasteiger partial charge in [-0.3, -0.25) is 19.8 Å². The monoisotopic (exact) mass is 836 g/mol. The summed E-state index contributed by atoms with van der Waals surface area (Å²) in [6, 6.07) is 22.8. The Hall–Kier alpha value is -5.21. The standard InChI is InChI=1S/C45H49ClN6O6S/c1-49-22-20-35(21-23-49)47-41-19-17-37(29-42(41)52(54)55)59(56,57)48-45(53)40-18-16-36(28-44(40)58-43-11-5-8-31-7-4-10-39(31)43)51-26-24-50(25-27-51)30-33-6-2-3-9-38(33)32-12-14-34(46)15-13-32/h4-5,8,10-19,28-29,35,47H,2-3,6-7,9,20-27,30H2,1H3,(H,48,53). The molecule has 308 valence electrons. The maximum Gasteiger partial charge on any atom is 0.293 e. The number of likely N-dealkylation sites (tertiary alicyclic amines) is 1. The third-order valence-corrected chi connectivity index (χ3v) is 13.5. The Morgan fingerprint density at radius 3 is 2.44 bits per heavy atom. The van der Waals surface area contributed by atoms with Crippen molar-refractivity contribution in [3.05, 3.63) is 128 Å². The van der Waals surface area contributed by atoms with Gasteiger partial charge in [0.1, 0.15) is 17.2 Å². The molecule has 2 N–H and O–H groups in total. The van der Waals surface area contributed by atoms with Crippen molar-refractivity contribution in [1.82, 2.24) is 14.5 Å². The molecule has 2 aliphatic heterocycles. The van der Waals surface area contributed by atoms with Gasteiger partial charge in [-0.15, -0.1) is 0 Å². The van der Waals surface area contributed by atoms with Gasteiger partial charge in [0, 0.05) is 67.2 Å². The molecule has 59 heavy (non-hydrogen) atoms. The van der Waals surface area contributed by atoms with Crippen LogP contribution in [0.4, 0.5) is 17.1 Å². The number of sulfonamides is 1. The van der Waals surface area contributed by atoms with Gasteiger partial charge in [0.15, 0.2) is 0 Å². The Kier molecular flexibility index (Phi) is 12.1. The quantitative estimate of drug-likeness (QED) is 0.106. The van der Waals surface area contributed by atoms with Crippen LogP contribution >= 0.6 is 11.6 Å². The van der Waals surface area contributed by atoms with Gasteiger partial charge < -0.3 is 19.9 Å². The summed E-state index contributed by atoms with van der Waals surface area (Å²) in [5.74, 6) is -0.154. The van der Waals surface area contributed by atoms with Crippen molar-refractivity contribution in [2.75, 3.05) is 63.1 Å². The predicted molar refractivity (Wildman–Crippen MR) is 233 cm³/mol. The molecular weight excluding hydrogens is 788 g/mol. The third-order valence-electron chi connectivity index (χ3n) is 11.9. The number of carbonyl (C=O) groups excluding carboxylic acids is 1. The highest BCUT2D eigenvalue weighted by Gasteiger charge is 2.29. The summed E-state index contributed by atoms with van der Waals surface area (Å²) in [4.78, 5) is 32.0. The van der Waals surface area contributed by atoms with Crippen molar-refractivity contribution in [3.63, 3.8) is 0 Å². The number of rotatable bonds is 12. The topological polar surface area (TPSA) is 137 Å². The number of anilines is 2. The molecule has 4 aromatic rings. The van der Waals surface area contributed by atoms with Crippen LogP contribution < -0.4 is 19.7 Å². The average Bonchev–Trinajstić information content (AvgIpc) is 3.73. The smallest absolute Gasteiger partial charge is 0.293 e. The fraction of sp³-hybridized carbons (Fsp3) is 0.356. The highest BCUT2D eigenvalue weighted by molar-refractivity contribution is 7.90. The number of carbonyl (C=O) groups is 1. The Labute approximate surface area is 350 Å². The molecule has 2 heterocycles. The molecule has 0 atom stereocenters. The molecule has 4 aliphatic rings. The maximum absolute atomic E-state index is 14.0. The molecule has 0 bridgehead atoms. The number of fused-ring (bicyclic) bond motifs is 1. The summed E-state index contributed by atoms with van der Waals surface area (Å²) in [5.41, 5.74) is 6.90. The molecule has 2 fully saturated rings. The number of amides is 1. The van der Waals surface area contributed by atoms with E-state index in [1.807, 2.05) is 55.6 Å². The number of hydrogen-bond acceptors (Lipinski definition) is 10. The zero-order chi connectivity index (χ0) is 41.1. The fourth-order valence-electron chi connectivity index (χ4n) is 8.58. The molecule has 2 aliphatic carbocycles. The van der Waals surface area contributed by atoms with E-state index in [0.29, 0.717) is 5.75 Å². The molecule has 2 saturated heterocycles. The van der Waals surface area contributed by atoms with Crippen molar-refractivity contribution in [2.45, 2.75) is 55.9 Å². The van der Waals surface area contributed by atoms with E-state index >= 15 is 0 Å². The number of nitro groups is 1. The molecule has 0 radical (unpaired) electrons. The number of allylic oxidation sites excluding steroid dienone is 2. The van der Waals surface area contributed by atoms with Gasteiger partial charge in [-0.2, -0.15) is 0 Å². The minimum atomic E-state index is -4.52. The average molecular weight is 837 g/mol. The van der Waals surface area contributed by atoms with Gasteiger partial charge in [-0.1, -0.05) is 53.6 Å². The highest BCUT2D eigenvalue weighted by atomic mass is 35.5. The van der Waals surface area contributed by atoms with Crippen LogP contribution in [0.2, 0.25) is 5.02 Å². The van der Waals surface area contributed by atoms with Gasteiger partial charge >= 0.3 is 0 Å². The molecule has 14 heteroatoms. The molecule has 12 nitrogen and oxygen atoms in total. The number of nitrogens with zero attached hydrogens (tertiary/aromatic N) is 4. The van der Waals surface area contributed by atoms with E-state index in [-0.39, 0.29) is 28.7 Å².